The molecule has 2 nitrogen and oxygen atoms in total. The summed E-state index contributed by atoms with van der Waals surface area (Å²) in [5, 5.41) is 4.90. The van der Waals surface area contributed by atoms with Gasteiger partial charge < -0.3 is 0 Å². The number of aromatic nitrogens is 2. The van der Waals surface area contributed by atoms with Crippen LogP contribution in [0.1, 0.15) is 0 Å². The molecule has 0 N–H and O–H groups in total. The number of rotatable bonds is 4. The Morgan fingerprint density at radius 3 is 1.47 bits per heavy atom. The van der Waals surface area contributed by atoms with E-state index in [1.165, 1.54) is 43.8 Å². The van der Waals surface area contributed by atoms with Crippen LogP contribution in [0.2, 0.25) is 0 Å². The third-order valence-electron chi connectivity index (χ3n) is 7.13. The number of fused-ring (bicyclic) bond motifs is 2. The van der Waals surface area contributed by atoms with Gasteiger partial charge in [-0.05, 0) is 55.9 Å². The lowest BCUT2D eigenvalue weighted by atomic mass is 9.85. The van der Waals surface area contributed by atoms with Crippen molar-refractivity contribution in [2.24, 2.45) is 0 Å². The third kappa shape index (κ3) is 3.84. The van der Waals surface area contributed by atoms with Gasteiger partial charge in [-0.1, -0.05) is 127 Å². The smallest absolute Gasteiger partial charge is 0.159 e. The van der Waals surface area contributed by atoms with Crippen molar-refractivity contribution in [2.75, 3.05) is 0 Å². The van der Waals surface area contributed by atoms with Crippen LogP contribution in [0.15, 0.2) is 146 Å². The van der Waals surface area contributed by atoms with Crippen LogP contribution in [-0.2, 0) is 0 Å². The molecule has 0 aliphatic rings. The molecule has 0 amide bonds. The van der Waals surface area contributed by atoms with Crippen molar-refractivity contribution in [2.45, 2.75) is 0 Å². The Bertz CT molecular complexity index is 1890. The Labute approximate surface area is 221 Å². The second-order valence-corrected chi connectivity index (χ2v) is 9.42. The predicted octanol–water partition coefficient (Wildman–Crippen LogP) is 9.45. The highest BCUT2D eigenvalue weighted by Crippen LogP contribution is 2.44. The summed E-state index contributed by atoms with van der Waals surface area (Å²) in [6.07, 6.45) is 1.85. The molecule has 1 heterocycles. The molecule has 0 atom stereocenters. The first-order valence-corrected chi connectivity index (χ1v) is 12.8. The van der Waals surface area contributed by atoms with Crippen LogP contribution < -0.4 is 0 Å². The van der Waals surface area contributed by atoms with Crippen LogP contribution in [0.5, 0.6) is 0 Å². The minimum absolute atomic E-state index is 0.724. The summed E-state index contributed by atoms with van der Waals surface area (Å²) < 4.78 is 0. The van der Waals surface area contributed by atoms with E-state index in [1.807, 2.05) is 30.5 Å². The molecule has 0 spiro atoms. The average Bonchev–Trinajstić information content (AvgIpc) is 3.01. The van der Waals surface area contributed by atoms with Gasteiger partial charge in [0.1, 0.15) is 0 Å². The summed E-state index contributed by atoms with van der Waals surface area (Å²) in [7, 11) is 0. The van der Waals surface area contributed by atoms with Crippen molar-refractivity contribution in [3.05, 3.63) is 146 Å². The molecule has 0 unspecified atom stereocenters. The molecule has 6 aromatic carbocycles. The zero-order chi connectivity index (χ0) is 25.3. The Morgan fingerprint density at radius 2 is 0.868 bits per heavy atom. The SMILES string of the molecule is c1ccc(-c2ccnc(-c3ccc4c(-c5ccccc5)c5ccccc5c(-c5ccccc5)c4c3)n2)cc1. The zero-order valence-corrected chi connectivity index (χ0v) is 20.8. The van der Waals surface area contributed by atoms with Crippen molar-refractivity contribution in [3.8, 4) is 44.9 Å². The molecular formula is C36H24N2. The van der Waals surface area contributed by atoms with Gasteiger partial charge >= 0.3 is 0 Å². The Kier molecular flexibility index (Phi) is 5.49. The maximum Gasteiger partial charge on any atom is 0.159 e. The van der Waals surface area contributed by atoms with Crippen molar-refractivity contribution < 1.29 is 0 Å². The van der Waals surface area contributed by atoms with E-state index in [4.69, 9.17) is 4.98 Å². The standard InChI is InChI=1S/C36H24N2/c1-4-12-25(13-5-1)33-22-23-37-36(38-33)28-20-21-31-32(24-28)35(27-16-8-3-9-17-27)30-19-11-10-18-29(30)34(31)26-14-6-2-7-15-26/h1-24H. The van der Waals surface area contributed by atoms with Crippen LogP contribution in [0, 0.1) is 0 Å². The van der Waals surface area contributed by atoms with Gasteiger partial charge in [-0.2, -0.15) is 0 Å². The van der Waals surface area contributed by atoms with E-state index in [9.17, 15) is 0 Å². The van der Waals surface area contributed by atoms with Gasteiger partial charge in [-0.3, -0.25) is 0 Å². The molecule has 0 bridgehead atoms. The van der Waals surface area contributed by atoms with Gasteiger partial charge in [-0.25, -0.2) is 9.97 Å². The molecule has 0 fully saturated rings. The summed E-state index contributed by atoms with van der Waals surface area (Å²) >= 11 is 0. The molecule has 0 aliphatic carbocycles. The monoisotopic (exact) mass is 484 g/mol. The van der Waals surface area contributed by atoms with Crippen molar-refractivity contribution in [3.63, 3.8) is 0 Å². The number of benzene rings is 6. The summed E-state index contributed by atoms with van der Waals surface area (Å²) in [4.78, 5) is 9.63. The first-order valence-electron chi connectivity index (χ1n) is 12.8. The van der Waals surface area contributed by atoms with Gasteiger partial charge in [0.15, 0.2) is 5.82 Å². The summed E-state index contributed by atoms with van der Waals surface area (Å²) in [6.45, 7) is 0. The molecule has 1 aromatic heterocycles. The van der Waals surface area contributed by atoms with Crippen LogP contribution in [-0.4, -0.2) is 9.97 Å². The van der Waals surface area contributed by atoms with Gasteiger partial charge in [0.25, 0.3) is 0 Å². The highest BCUT2D eigenvalue weighted by Gasteiger charge is 2.17. The molecule has 0 saturated carbocycles. The first kappa shape index (κ1) is 22.1. The molecule has 0 radical (unpaired) electrons. The zero-order valence-electron chi connectivity index (χ0n) is 20.8. The van der Waals surface area contributed by atoms with Crippen LogP contribution in [0.3, 0.4) is 0 Å². The summed E-state index contributed by atoms with van der Waals surface area (Å²) in [6, 6.07) is 49.0. The van der Waals surface area contributed by atoms with Gasteiger partial charge in [-0.15, -0.1) is 0 Å². The largest absolute Gasteiger partial charge is 0.237 e. The Hall–Kier alpha value is -5.08. The fourth-order valence-corrected chi connectivity index (χ4v) is 5.42. The molecule has 7 rings (SSSR count). The van der Waals surface area contributed by atoms with Crippen molar-refractivity contribution in [1.82, 2.24) is 9.97 Å². The van der Waals surface area contributed by atoms with E-state index in [0.29, 0.717) is 0 Å². The van der Waals surface area contributed by atoms with Gasteiger partial charge in [0.2, 0.25) is 0 Å². The molecule has 178 valence electrons. The molecule has 0 aliphatic heterocycles. The van der Waals surface area contributed by atoms with Crippen LogP contribution >= 0.6 is 0 Å². The minimum Gasteiger partial charge on any atom is -0.237 e. The van der Waals surface area contributed by atoms with E-state index in [-0.39, 0.29) is 0 Å². The number of hydrogen-bond acceptors (Lipinski definition) is 2. The molecular weight excluding hydrogens is 460 g/mol. The first-order chi connectivity index (χ1) is 18.9. The molecule has 7 aromatic rings. The summed E-state index contributed by atoms with van der Waals surface area (Å²) in [5.74, 6) is 0.724. The molecule has 0 saturated heterocycles. The van der Waals surface area contributed by atoms with E-state index in [1.54, 1.807) is 0 Å². The lowest BCUT2D eigenvalue weighted by Crippen LogP contribution is -1.94. The van der Waals surface area contributed by atoms with E-state index in [2.05, 4.69) is 120 Å². The van der Waals surface area contributed by atoms with Crippen LogP contribution in [0.4, 0.5) is 0 Å². The van der Waals surface area contributed by atoms with Gasteiger partial charge in [0.05, 0.1) is 5.69 Å². The third-order valence-corrected chi connectivity index (χ3v) is 7.13. The van der Waals surface area contributed by atoms with Crippen LogP contribution in [0.25, 0.3) is 66.4 Å². The Morgan fingerprint density at radius 1 is 0.368 bits per heavy atom. The molecule has 2 heteroatoms. The normalized spacial score (nSPS) is 11.2. The molecule has 38 heavy (non-hydrogen) atoms. The Balaban J connectivity index is 1.55. The maximum atomic E-state index is 4.95. The van der Waals surface area contributed by atoms with Crippen molar-refractivity contribution >= 4 is 21.5 Å². The second-order valence-electron chi connectivity index (χ2n) is 9.42. The summed E-state index contributed by atoms with van der Waals surface area (Å²) in [5.41, 5.74) is 7.90. The van der Waals surface area contributed by atoms with E-state index in [0.717, 1.165) is 22.6 Å². The fraction of sp³-hybridized carbons (Fsp3) is 0. The van der Waals surface area contributed by atoms with Crippen molar-refractivity contribution in [1.29, 1.82) is 0 Å². The van der Waals surface area contributed by atoms with Gasteiger partial charge in [0, 0.05) is 17.3 Å². The average molecular weight is 485 g/mol. The number of nitrogens with zero attached hydrogens (tertiary/aromatic N) is 2. The maximum absolute atomic E-state index is 4.95. The van der Waals surface area contributed by atoms with E-state index >= 15 is 0 Å². The second kappa shape index (κ2) is 9.42. The predicted molar refractivity (Wildman–Crippen MR) is 159 cm³/mol. The number of hydrogen-bond donors (Lipinski definition) is 0. The highest BCUT2D eigenvalue weighted by atomic mass is 14.9. The topological polar surface area (TPSA) is 25.8 Å². The quantitative estimate of drug-likeness (QED) is 0.233. The fourth-order valence-electron chi connectivity index (χ4n) is 5.42. The highest BCUT2D eigenvalue weighted by molar-refractivity contribution is 6.21. The lowest BCUT2D eigenvalue weighted by Gasteiger charge is -2.18. The minimum atomic E-state index is 0.724. The lowest BCUT2D eigenvalue weighted by molar-refractivity contribution is 1.18. The van der Waals surface area contributed by atoms with E-state index < -0.39 is 0 Å².